The van der Waals surface area contributed by atoms with Crippen LogP contribution < -0.4 is 0 Å². The Balaban J connectivity index is 1.07. The molecule has 0 aliphatic carbocycles. The van der Waals surface area contributed by atoms with Crippen LogP contribution in [0.1, 0.15) is 0 Å². The average Bonchev–Trinajstić information content (AvgIpc) is 3.61. The maximum atomic E-state index is 5.08. The zero-order chi connectivity index (χ0) is 36.3. The van der Waals surface area contributed by atoms with Gasteiger partial charge in [-0.05, 0) is 85.9 Å². The SMILES string of the molecule is c1ccc(-c2cc(-c3ccc(-n4c5ccccc5c5c6cc(-c7cc8ccccc8c8ccccc78)ccc6ccc54)cc3)nc(-c3ccccc3)n2)cc1. The summed E-state index contributed by atoms with van der Waals surface area (Å²) in [4.78, 5) is 10.1. The summed E-state index contributed by atoms with van der Waals surface area (Å²) >= 11 is 0. The summed E-state index contributed by atoms with van der Waals surface area (Å²) in [7, 11) is 0. The van der Waals surface area contributed by atoms with Crippen molar-refractivity contribution in [3.8, 4) is 50.7 Å². The summed E-state index contributed by atoms with van der Waals surface area (Å²) in [5.41, 5.74) is 10.8. The molecule has 2 aromatic heterocycles. The lowest BCUT2D eigenvalue weighted by molar-refractivity contribution is 1.17. The Kier molecular flexibility index (Phi) is 7.17. The van der Waals surface area contributed by atoms with Crippen molar-refractivity contribution < 1.29 is 0 Å². The Bertz CT molecular complexity index is 3180. The number of para-hydroxylation sites is 1. The van der Waals surface area contributed by atoms with Crippen molar-refractivity contribution in [1.82, 2.24) is 14.5 Å². The first kappa shape index (κ1) is 31.2. The Hall–Kier alpha value is -7.36. The number of aromatic nitrogens is 3. The van der Waals surface area contributed by atoms with Gasteiger partial charge in [-0.3, -0.25) is 0 Å². The molecule has 11 rings (SSSR count). The summed E-state index contributed by atoms with van der Waals surface area (Å²) in [5, 5.41) is 10.1. The van der Waals surface area contributed by atoms with Crippen LogP contribution in [-0.4, -0.2) is 14.5 Å². The summed E-state index contributed by atoms with van der Waals surface area (Å²) in [6, 6.07) is 71.6. The lowest BCUT2D eigenvalue weighted by Gasteiger charge is -2.13. The molecule has 0 amide bonds. The zero-order valence-electron chi connectivity index (χ0n) is 29.9. The smallest absolute Gasteiger partial charge is 0.160 e. The van der Waals surface area contributed by atoms with Crippen molar-refractivity contribution in [2.45, 2.75) is 0 Å². The fourth-order valence-corrected chi connectivity index (χ4v) is 8.38. The molecule has 0 aliphatic rings. The highest BCUT2D eigenvalue weighted by molar-refractivity contribution is 6.22. The van der Waals surface area contributed by atoms with Crippen molar-refractivity contribution in [2.75, 3.05) is 0 Å². The molecular formula is C52H33N3. The van der Waals surface area contributed by atoms with Gasteiger partial charge < -0.3 is 4.57 Å². The van der Waals surface area contributed by atoms with E-state index in [1.165, 1.54) is 65.3 Å². The van der Waals surface area contributed by atoms with Crippen LogP contribution in [0.2, 0.25) is 0 Å². The maximum absolute atomic E-state index is 5.08. The molecule has 0 saturated carbocycles. The molecule has 3 nitrogen and oxygen atoms in total. The van der Waals surface area contributed by atoms with Crippen LogP contribution in [0, 0.1) is 0 Å². The molecule has 55 heavy (non-hydrogen) atoms. The first-order chi connectivity index (χ1) is 27.3. The highest BCUT2D eigenvalue weighted by atomic mass is 15.0. The lowest BCUT2D eigenvalue weighted by Crippen LogP contribution is -1.97. The highest BCUT2D eigenvalue weighted by Gasteiger charge is 2.17. The van der Waals surface area contributed by atoms with E-state index in [2.05, 4.69) is 180 Å². The van der Waals surface area contributed by atoms with Gasteiger partial charge in [0.25, 0.3) is 0 Å². The normalized spacial score (nSPS) is 11.6. The van der Waals surface area contributed by atoms with Crippen molar-refractivity contribution in [3.05, 3.63) is 200 Å². The number of fused-ring (bicyclic) bond motifs is 8. The fraction of sp³-hybridized carbons (Fsp3) is 0. The summed E-state index contributed by atoms with van der Waals surface area (Å²) in [5.74, 6) is 0.714. The maximum Gasteiger partial charge on any atom is 0.160 e. The number of hydrogen-bond donors (Lipinski definition) is 0. The second-order valence-electron chi connectivity index (χ2n) is 14.2. The van der Waals surface area contributed by atoms with Gasteiger partial charge in [-0.2, -0.15) is 0 Å². The quantitative estimate of drug-likeness (QED) is 0.167. The largest absolute Gasteiger partial charge is 0.309 e. The molecule has 2 heterocycles. The van der Waals surface area contributed by atoms with Crippen LogP contribution in [0.3, 0.4) is 0 Å². The van der Waals surface area contributed by atoms with Gasteiger partial charge in [-0.25, -0.2) is 9.97 Å². The monoisotopic (exact) mass is 699 g/mol. The molecule has 11 aromatic rings. The lowest BCUT2D eigenvalue weighted by atomic mass is 9.91. The summed E-state index contributed by atoms with van der Waals surface area (Å²) in [6.45, 7) is 0. The molecule has 256 valence electrons. The Morgan fingerprint density at radius 3 is 1.67 bits per heavy atom. The Labute approximate surface area is 318 Å². The van der Waals surface area contributed by atoms with E-state index in [1.807, 2.05) is 24.3 Å². The number of rotatable bonds is 5. The molecule has 0 N–H and O–H groups in total. The molecule has 0 unspecified atom stereocenters. The third-order valence-corrected chi connectivity index (χ3v) is 11.0. The van der Waals surface area contributed by atoms with Gasteiger partial charge in [-0.15, -0.1) is 0 Å². The van der Waals surface area contributed by atoms with E-state index in [1.54, 1.807) is 0 Å². The molecule has 0 spiro atoms. The third kappa shape index (κ3) is 5.20. The van der Waals surface area contributed by atoms with E-state index in [0.717, 1.165) is 33.8 Å². The minimum atomic E-state index is 0.714. The third-order valence-electron chi connectivity index (χ3n) is 11.0. The zero-order valence-corrected chi connectivity index (χ0v) is 29.9. The summed E-state index contributed by atoms with van der Waals surface area (Å²) in [6.07, 6.45) is 0. The molecule has 9 aromatic carbocycles. The molecule has 0 saturated heterocycles. The van der Waals surface area contributed by atoms with E-state index in [0.29, 0.717) is 5.82 Å². The van der Waals surface area contributed by atoms with Crippen LogP contribution in [0.15, 0.2) is 200 Å². The van der Waals surface area contributed by atoms with Crippen LogP contribution in [0.5, 0.6) is 0 Å². The van der Waals surface area contributed by atoms with Gasteiger partial charge in [0.05, 0.1) is 22.4 Å². The van der Waals surface area contributed by atoms with E-state index in [4.69, 9.17) is 9.97 Å². The average molecular weight is 700 g/mol. The van der Waals surface area contributed by atoms with E-state index in [-0.39, 0.29) is 0 Å². The second kappa shape index (κ2) is 12.6. The fourth-order valence-electron chi connectivity index (χ4n) is 8.38. The predicted molar refractivity (Wildman–Crippen MR) is 231 cm³/mol. The van der Waals surface area contributed by atoms with E-state index >= 15 is 0 Å². The van der Waals surface area contributed by atoms with Gasteiger partial charge in [0.2, 0.25) is 0 Å². The van der Waals surface area contributed by atoms with Crippen molar-refractivity contribution in [2.24, 2.45) is 0 Å². The van der Waals surface area contributed by atoms with Gasteiger partial charge >= 0.3 is 0 Å². The van der Waals surface area contributed by atoms with E-state index < -0.39 is 0 Å². The topological polar surface area (TPSA) is 30.7 Å². The molecular weight excluding hydrogens is 667 g/mol. The second-order valence-corrected chi connectivity index (χ2v) is 14.2. The first-order valence-corrected chi connectivity index (χ1v) is 18.7. The van der Waals surface area contributed by atoms with Crippen molar-refractivity contribution in [1.29, 1.82) is 0 Å². The van der Waals surface area contributed by atoms with E-state index in [9.17, 15) is 0 Å². The highest BCUT2D eigenvalue weighted by Crippen LogP contribution is 2.41. The molecule has 0 aliphatic heterocycles. The number of nitrogens with zero attached hydrogens (tertiary/aromatic N) is 3. The van der Waals surface area contributed by atoms with Gasteiger partial charge in [-0.1, -0.05) is 158 Å². The molecule has 0 bridgehead atoms. The van der Waals surface area contributed by atoms with Crippen LogP contribution >= 0.6 is 0 Å². The van der Waals surface area contributed by atoms with Crippen LogP contribution in [0.4, 0.5) is 0 Å². The molecule has 0 fully saturated rings. The summed E-state index contributed by atoms with van der Waals surface area (Å²) < 4.78 is 2.40. The molecule has 3 heteroatoms. The molecule has 0 atom stereocenters. The van der Waals surface area contributed by atoms with Gasteiger partial charge in [0.15, 0.2) is 5.82 Å². The minimum Gasteiger partial charge on any atom is -0.309 e. The van der Waals surface area contributed by atoms with Gasteiger partial charge in [0, 0.05) is 33.2 Å². The van der Waals surface area contributed by atoms with Crippen LogP contribution in [-0.2, 0) is 0 Å². The van der Waals surface area contributed by atoms with Crippen molar-refractivity contribution >= 4 is 54.1 Å². The van der Waals surface area contributed by atoms with Crippen molar-refractivity contribution in [3.63, 3.8) is 0 Å². The predicted octanol–water partition coefficient (Wildman–Crippen LogP) is 13.7. The number of benzene rings is 9. The Morgan fingerprint density at radius 2 is 0.909 bits per heavy atom. The van der Waals surface area contributed by atoms with Crippen LogP contribution in [0.25, 0.3) is 105 Å². The van der Waals surface area contributed by atoms with Gasteiger partial charge in [0.1, 0.15) is 0 Å². The Morgan fingerprint density at radius 1 is 0.327 bits per heavy atom. The number of hydrogen-bond acceptors (Lipinski definition) is 2. The standard InChI is InChI=1S/C52H33N3/c1-3-13-35(14-4-1)47-33-48(54-52(53-47)37-15-5-2-6-16-37)36-25-28-40(29-26-36)55-49-22-12-11-21-44(49)51-46-32-39(24-23-34(46)27-30-50(51)55)45-31-38-17-7-8-18-41(38)42-19-9-10-20-43(42)45/h1-33H. The molecule has 0 radical (unpaired) electrons. The first-order valence-electron chi connectivity index (χ1n) is 18.7. The minimum absolute atomic E-state index is 0.714.